The summed E-state index contributed by atoms with van der Waals surface area (Å²) in [5.41, 5.74) is 0.561. The molecule has 5 heteroatoms. The third-order valence-electron chi connectivity index (χ3n) is 8.60. The highest BCUT2D eigenvalue weighted by atomic mass is 16.5. The monoisotopic (exact) mass is 400 g/mol. The smallest absolute Gasteiger partial charge is 0.303 e. The van der Waals surface area contributed by atoms with E-state index in [9.17, 15) is 19.5 Å². The van der Waals surface area contributed by atoms with Gasteiger partial charge in [-0.2, -0.15) is 0 Å². The van der Waals surface area contributed by atoms with Crippen LogP contribution >= 0.6 is 0 Å². The van der Waals surface area contributed by atoms with E-state index >= 15 is 0 Å². The number of ether oxygens (including phenoxy) is 1. The standard InChI is InChI=1S/C24H32O5/c1-13-9-18-17-6-5-15-10-16(26)7-8-23(15,3)22(17)19(27)11-24(18,4)21(13)20(28)12-29-14(2)25/h7-8,10,13,17-19,21-22,27H,5-6,9,11-12H2,1-4H3/t13-,17?,18?,19?,21?,22?,23?,24?/m1/s1. The van der Waals surface area contributed by atoms with Crippen molar-refractivity contribution in [2.45, 2.75) is 59.5 Å². The zero-order chi connectivity index (χ0) is 21.1. The van der Waals surface area contributed by atoms with Crippen molar-refractivity contribution < 1.29 is 24.2 Å². The molecule has 0 aromatic carbocycles. The highest BCUT2D eigenvalue weighted by Crippen LogP contribution is 2.67. The van der Waals surface area contributed by atoms with Crippen LogP contribution < -0.4 is 0 Å². The summed E-state index contributed by atoms with van der Waals surface area (Å²) in [7, 11) is 0. The number of esters is 1. The van der Waals surface area contributed by atoms with Gasteiger partial charge in [0, 0.05) is 24.2 Å². The Morgan fingerprint density at radius 2 is 2.03 bits per heavy atom. The van der Waals surface area contributed by atoms with E-state index in [2.05, 4.69) is 20.8 Å². The van der Waals surface area contributed by atoms with E-state index in [0.29, 0.717) is 18.3 Å². The number of aliphatic hydroxyl groups is 1. The molecule has 0 saturated heterocycles. The van der Waals surface area contributed by atoms with Gasteiger partial charge in [-0.1, -0.05) is 32.4 Å². The Morgan fingerprint density at radius 3 is 2.72 bits per heavy atom. The number of rotatable bonds is 3. The fraction of sp³-hybridized carbons (Fsp3) is 0.708. The molecule has 0 aromatic heterocycles. The van der Waals surface area contributed by atoms with Crippen molar-refractivity contribution in [2.24, 2.45) is 40.4 Å². The third-order valence-corrected chi connectivity index (χ3v) is 8.60. The number of allylic oxidation sites excluding steroid dienone is 4. The lowest BCUT2D eigenvalue weighted by molar-refractivity contribution is -0.152. The predicted octanol–water partition coefficient (Wildman–Crippen LogP) is 3.26. The van der Waals surface area contributed by atoms with Crippen molar-refractivity contribution in [3.05, 3.63) is 23.8 Å². The summed E-state index contributed by atoms with van der Waals surface area (Å²) < 4.78 is 5.02. The first-order valence-electron chi connectivity index (χ1n) is 10.9. The SMILES string of the molecule is CC(=O)OCC(=O)C1[C@H](C)CC2C3CCC4=CC(=O)C=CC4(C)C3C(O)CC21C. The van der Waals surface area contributed by atoms with Crippen LogP contribution in [0.5, 0.6) is 0 Å². The number of ketones is 2. The molecule has 0 amide bonds. The molecule has 3 fully saturated rings. The highest BCUT2D eigenvalue weighted by molar-refractivity contribution is 6.01. The Bertz CT molecular complexity index is 810. The maximum atomic E-state index is 13.0. The number of carbonyl (C=O) groups excluding carboxylic acids is 3. The summed E-state index contributed by atoms with van der Waals surface area (Å²) in [6.45, 7) is 7.58. The highest BCUT2D eigenvalue weighted by Gasteiger charge is 2.64. The van der Waals surface area contributed by atoms with E-state index in [4.69, 9.17) is 4.74 Å². The minimum Gasteiger partial charge on any atom is -0.458 e. The molecular formula is C24H32O5. The summed E-state index contributed by atoms with van der Waals surface area (Å²) in [6, 6.07) is 0. The maximum Gasteiger partial charge on any atom is 0.303 e. The summed E-state index contributed by atoms with van der Waals surface area (Å²) in [5, 5.41) is 11.3. The Kier molecular flexibility index (Phi) is 4.88. The van der Waals surface area contributed by atoms with Gasteiger partial charge in [0.05, 0.1) is 6.10 Å². The normalized spacial score (nSPS) is 45.7. The molecule has 4 aliphatic rings. The quantitative estimate of drug-likeness (QED) is 0.736. The van der Waals surface area contributed by atoms with Crippen LogP contribution in [0.3, 0.4) is 0 Å². The first-order chi connectivity index (χ1) is 13.6. The fourth-order valence-corrected chi connectivity index (χ4v) is 7.64. The van der Waals surface area contributed by atoms with E-state index in [1.54, 1.807) is 12.2 Å². The van der Waals surface area contributed by atoms with Gasteiger partial charge in [-0.25, -0.2) is 0 Å². The van der Waals surface area contributed by atoms with Gasteiger partial charge >= 0.3 is 5.97 Å². The summed E-state index contributed by atoms with van der Waals surface area (Å²) in [5.74, 6) is 0.319. The first-order valence-corrected chi connectivity index (χ1v) is 10.9. The molecule has 4 rings (SSSR count). The number of carbonyl (C=O) groups is 3. The molecule has 7 unspecified atom stereocenters. The van der Waals surface area contributed by atoms with Crippen LogP contribution in [0.2, 0.25) is 0 Å². The average molecular weight is 401 g/mol. The molecule has 0 aliphatic heterocycles. The largest absolute Gasteiger partial charge is 0.458 e. The van der Waals surface area contributed by atoms with E-state index in [1.807, 2.05) is 6.08 Å². The Balaban J connectivity index is 1.65. The third kappa shape index (κ3) is 3.04. The number of hydrogen-bond acceptors (Lipinski definition) is 5. The number of fused-ring (bicyclic) bond motifs is 5. The predicted molar refractivity (Wildman–Crippen MR) is 108 cm³/mol. The van der Waals surface area contributed by atoms with Crippen LogP contribution in [0.4, 0.5) is 0 Å². The van der Waals surface area contributed by atoms with Gasteiger partial charge in [-0.15, -0.1) is 0 Å². The lowest BCUT2D eigenvalue weighted by Gasteiger charge is -2.58. The molecule has 5 nitrogen and oxygen atoms in total. The Labute approximate surface area is 172 Å². The van der Waals surface area contributed by atoms with Crippen LogP contribution in [-0.4, -0.2) is 35.4 Å². The Morgan fingerprint density at radius 1 is 1.31 bits per heavy atom. The molecule has 1 N–H and O–H groups in total. The zero-order valence-corrected chi connectivity index (χ0v) is 17.8. The first kappa shape index (κ1) is 20.5. The van der Waals surface area contributed by atoms with Crippen LogP contribution in [0.15, 0.2) is 23.8 Å². The van der Waals surface area contributed by atoms with E-state index < -0.39 is 12.1 Å². The lowest BCUT2D eigenvalue weighted by atomic mass is 9.46. The van der Waals surface area contributed by atoms with Gasteiger partial charge in [0.15, 0.2) is 11.6 Å². The van der Waals surface area contributed by atoms with Crippen molar-refractivity contribution in [3.8, 4) is 0 Å². The molecule has 29 heavy (non-hydrogen) atoms. The lowest BCUT2D eigenvalue weighted by Crippen LogP contribution is -2.56. The molecule has 0 radical (unpaired) electrons. The molecule has 0 spiro atoms. The topological polar surface area (TPSA) is 80.7 Å². The molecule has 158 valence electrons. The van der Waals surface area contributed by atoms with Gasteiger partial charge in [-0.05, 0) is 61.0 Å². The van der Waals surface area contributed by atoms with Crippen molar-refractivity contribution in [2.75, 3.05) is 6.61 Å². The fourth-order valence-electron chi connectivity index (χ4n) is 7.64. The summed E-state index contributed by atoms with van der Waals surface area (Å²) >= 11 is 0. The minimum absolute atomic E-state index is 0.0193. The van der Waals surface area contributed by atoms with Crippen LogP contribution in [0.1, 0.15) is 53.4 Å². The number of Topliss-reactive ketones (excluding diaryl/α,β-unsaturated/α-hetero) is 1. The van der Waals surface area contributed by atoms with Crippen molar-refractivity contribution in [1.82, 2.24) is 0 Å². The van der Waals surface area contributed by atoms with Crippen LogP contribution in [0.25, 0.3) is 0 Å². The van der Waals surface area contributed by atoms with Crippen molar-refractivity contribution >= 4 is 17.5 Å². The van der Waals surface area contributed by atoms with Crippen molar-refractivity contribution in [1.29, 1.82) is 0 Å². The zero-order valence-electron chi connectivity index (χ0n) is 17.8. The van der Waals surface area contributed by atoms with Gasteiger partial charge in [0.2, 0.25) is 0 Å². The number of hydrogen-bond donors (Lipinski definition) is 1. The maximum absolute atomic E-state index is 13.0. The van der Waals surface area contributed by atoms with Crippen LogP contribution in [0, 0.1) is 40.4 Å². The van der Waals surface area contributed by atoms with Crippen LogP contribution in [-0.2, 0) is 19.1 Å². The molecular weight excluding hydrogens is 368 g/mol. The molecule has 3 saturated carbocycles. The second-order valence-electron chi connectivity index (χ2n) is 10.2. The van der Waals surface area contributed by atoms with Gasteiger partial charge in [-0.3, -0.25) is 14.4 Å². The van der Waals surface area contributed by atoms with E-state index in [-0.39, 0.29) is 46.8 Å². The molecule has 0 bridgehead atoms. The molecule has 8 atom stereocenters. The minimum atomic E-state index is -0.526. The van der Waals surface area contributed by atoms with Gasteiger partial charge in [0.25, 0.3) is 0 Å². The van der Waals surface area contributed by atoms with Gasteiger partial charge in [0.1, 0.15) is 6.61 Å². The van der Waals surface area contributed by atoms with Crippen molar-refractivity contribution in [3.63, 3.8) is 0 Å². The van der Waals surface area contributed by atoms with Gasteiger partial charge < -0.3 is 9.84 Å². The molecule has 0 aromatic rings. The second kappa shape index (κ2) is 6.90. The van der Waals surface area contributed by atoms with E-state index in [1.165, 1.54) is 6.92 Å². The second-order valence-corrected chi connectivity index (χ2v) is 10.2. The van der Waals surface area contributed by atoms with E-state index in [0.717, 1.165) is 24.8 Å². The summed E-state index contributed by atoms with van der Waals surface area (Å²) in [6.07, 6.45) is 8.24. The average Bonchev–Trinajstić information content (AvgIpc) is 2.89. The Hall–Kier alpha value is -1.75. The summed E-state index contributed by atoms with van der Waals surface area (Å²) in [4.78, 5) is 36.1. The molecule has 4 aliphatic carbocycles. The molecule has 0 heterocycles. The number of aliphatic hydroxyl groups excluding tert-OH is 1.